The fourth-order valence-electron chi connectivity index (χ4n) is 3.99. The van der Waals surface area contributed by atoms with E-state index in [0.29, 0.717) is 24.8 Å². The Labute approximate surface area is 231 Å². The highest BCUT2D eigenvalue weighted by Crippen LogP contribution is 2.40. The highest BCUT2D eigenvalue weighted by atomic mass is 32.2. The van der Waals surface area contributed by atoms with Crippen LogP contribution < -0.4 is 0 Å². The van der Waals surface area contributed by atoms with Crippen molar-refractivity contribution < 1.29 is 27.5 Å². The molecule has 0 radical (unpaired) electrons. The molecule has 1 rings (SSSR count). The van der Waals surface area contributed by atoms with E-state index >= 15 is 0 Å². The Morgan fingerprint density at radius 1 is 1.08 bits per heavy atom. The Hall–Kier alpha value is -2.00. The number of ether oxygens (including phenoxy) is 1. The van der Waals surface area contributed by atoms with Crippen LogP contribution in [-0.4, -0.2) is 52.4 Å². The van der Waals surface area contributed by atoms with Gasteiger partial charge in [-0.05, 0) is 74.4 Å². The molecule has 214 valence electrons. The summed E-state index contributed by atoms with van der Waals surface area (Å²) in [6.45, 7) is 18.2. The predicted octanol–water partition coefficient (Wildman–Crippen LogP) is 6.78. The molecule has 38 heavy (non-hydrogen) atoms. The van der Waals surface area contributed by atoms with Gasteiger partial charge < -0.3 is 14.3 Å². The van der Waals surface area contributed by atoms with Crippen molar-refractivity contribution in [3.8, 4) is 0 Å². The number of rotatable bonds is 17. The smallest absolute Gasteiger partial charge is 0.327 e. The van der Waals surface area contributed by atoms with E-state index in [1.165, 1.54) is 19.2 Å². The highest BCUT2D eigenvalue weighted by molar-refractivity contribution is 7.93. The molecule has 1 aromatic rings. The molecule has 0 bridgehead atoms. The lowest BCUT2D eigenvalue weighted by molar-refractivity contribution is -0.144. The lowest BCUT2D eigenvalue weighted by Gasteiger charge is -2.37. The van der Waals surface area contributed by atoms with Crippen LogP contribution in [0.5, 0.6) is 0 Å². The fraction of sp³-hybridized carbons (Fsp3) is 0.567. The van der Waals surface area contributed by atoms with E-state index in [-0.39, 0.29) is 29.4 Å². The second kappa shape index (κ2) is 15.0. The molecule has 0 aliphatic heterocycles. The molecule has 0 aliphatic rings. The van der Waals surface area contributed by atoms with Gasteiger partial charge in [-0.1, -0.05) is 57.2 Å². The molecule has 0 amide bonds. The largest absolute Gasteiger partial charge is 0.468 e. The zero-order chi connectivity index (χ0) is 29.0. The Kier molecular flexibility index (Phi) is 13.4. The van der Waals surface area contributed by atoms with Crippen molar-refractivity contribution in [1.29, 1.82) is 0 Å². The number of esters is 1. The van der Waals surface area contributed by atoms with Gasteiger partial charge in [0.25, 0.3) is 0 Å². The Morgan fingerprint density at radius 3 is 2.18 bits per heavy atom. The van der Waals surface area contributed by atoms with Crippen LogP contribution in [0.2, 0.25) is 18.1 Å². The number of unbranched alkanes of at least 4 members (excludes halogenated alkanes) is 2. The molecule has 0 aromatic heterocycles. The predicted molar refractivity (Wildman–Crippen MR) is 158 cm³/mol. The third-order valence-corrected chi connectivity index (χ3v) is 14.3. The zero-order valence-electron chi connectivity index (χ0n) is 24.2. The zero-order valence-corrected chi connectivity index (χ0v) is 26.0. The van der Waals surface area contributed by atoms with E-state index in [4.69, 9.17) is 9.16 Å². The van der Waals surface area contributed by atoms with Gasteiger partial charge in [-0.15, -0.1) is 13.2 Å². The molecular weight excluding hydrogens is 516 g/mol. The topological polar surface area (TPSA) is 89.9 Å². The van der Waals surface area contributed by atoms with Crippen LogP contribution in [0.15, 0.2) is 72.2 Å². The van der Waals surface area contributed by atoms with Gasteiger partial charge in [-0.2, -0.15) is 0 Å². The number of aliphatic hydroxyl groups is 1. The van der Waals surface area contributed by atoms with Crippen molar-refractivity contribution in [2.75, 3.05) is 13.7 Å². The molecule has 2 atom stereocenters. The second-order valence-corrected chi connectivity index (χ2v) is 18.4. The standard InChI is InChI=1S/C30H48O6SSi/c1-9-11-14-18-26(31)22-25(24-36-38(7,8)29(3,4)5)23-30(28(32)35-6,21-17-12-10-2)37(33,34)27-19-15-13-16-20-27/h9-10,13,15-16,19-20,22,26,31H,1-2,11-12,14,17-18,21,23-24H2,3-8H3/b25-22-. The van der Waals surface area contributed by atoms with Crippen LogP contribution in [0.3, 0.4) is 0 Å². The average Bonchev–Trinajstić information content (AvgIpc) is 2.86. The summed E-state index contributed by atoms with van der Waals surface area (Å²) in [6, 6.07) is 8.01. The highest BCUT2D eigenvalue weighted by Gasteiger charge is 2.52. The molecule has 1 aromatic carbocycles. The summed E-state index contributed by atoms with van der Waals surface area (Å²) in [5, 5.41) is 10.8. The number of hydrogen-bond donors (Lipinski definition) is 1. The maximum absolute atomic E-state index is 14.2. The summed E-state index contributed by atoms with van der Waals surface area (Å²) in [7, 11) is -5.18. The van der Waals surface area contributed by atoms with Crippen molar-refractivity contribution in [1.82, 2.24) is 0 Å². The molecule has 0 heterocycles. The number of carbonyl (C=O) groups excluding carboxylic acids is 1. The van der Waals surface area contributed by atoms with E-state index in [1.807, 2.05) is 0 Å². The van der Waals surface area contributed by atoms with Crippen molar-refractivity contribution in [3.63, 3.8) is 0 Å². The number of carbonyl (C=O) groups is 1. The lowest BCUT2D eigenvalue weighted by Crippen LogP contribution is -2.48. The number of hydrogen-bond acceptors (Lipinski definition) is 6. The third-order valence-electron chi connectivity index (χ3n) is 7.39. The first-order valence-electron chi connectivity index (χ1n) is 13.3. The summed E-state index contributed by atoms with van der Waals surface area (Å²) in [6.07, 6.45) is 7.24. The van der Waals surface area contributed by atoms with E-state index in [1.54, 1.807) is 36.4 Å². The summed E-state index contributed by atoms with van der Waals surface area (Å²) in [4.78, 5) is 13.5. The Bertz CT molecular complexity index is 1040. The van der Waals surface area contributed by atoms with Crippen LogP contribution >= 0.6 is 0 Å². The summed E-state index contributed by atoms with van der Waals surface area (Å²) in [5.74, 6) is -0.815. The minimum atomic E-state index is -4.18. The summed E-state index contributed by atoms with van der Waals surface area (Å²) in [5.41, 5.74) is 0.574. The maximum Gasteiger partial charge on any atom is 0.327 e. The average molecular weight is 565 g/mol. The van der Waals surface area contributed by atoms with Crippen LogP contribution in [0.25, 0.3) is 0 Å². The molecule has 0 fully saturated rings. The monoisotopic (exact) mass is 564 g/mol. The van der Waals surface area contributed by atoms with E-state index < -0.39 is 35.0 Å². The van der Waals surface area contributed by atoms with Gasteiger partial charge in [0.2, 0.25) is 0 Å². The summed E-state index contributed by atoms with van der Waals surface area (Å²) < 4.78 is 38.1. The lowest BCUT2D eigenvalue weighted by atomic mass is 9.92. The van der Waals surface area contributed by atoms with Crippen molar-refractivity contribution >= 4 is 24.1 Å². The molecule has 1 N–H and O–H groups in total. The SMILES string of the molecule is C=CCCCC(O)/C=C(\CO[Si](C)(C)C(C)(C)C)CC(CCCC=C)(C(=O)OC)S(=O)(=O)c1ccccc1. The van der Waals surface area contributed by atoms with E-state index in [9.17, 15) is 18.3 Å². The van der Waals surface area contributed by atoms with E-state index in [0.717, 1.165) is 12.8 Å². The fourth-order valence-corrected chi connectivity index (χ4v) is 7.02. The van der Waals surface area contributed by atoms with Crippen molar-refractivity contribution in [3.05, 3.63) is 67.3 Å². The van der Waals surface area contributed by atoms with Gasteiger partial charge in [0.15, 0.2) is 22.9 Å². The van der Waals surface area contributed by atoms with Crippen molar-refractivity contribution in [2.45, 2.75) is 99.6 Å². The third kappa shape index (κ3) is 9.04. The Morgan fingerprint density at radius 2 is 1.66 bits per heavy atom. The number of allylic oxidation sites excluding steroid dienone is 2. The molecule has 2 unspecified atom stereocenters. The van der Waals surface area contributed by atoms with Gasteiger partial charge in [0.1, 0.15) is 0 Å². The van der Waals surface area contributed by atoms with Gasteiger partial charge in [-0.25, -0.2) is 8.42 Å². The number of sulfone groups is 1. The number of methoxy groups -OCH3 is 1. The first-order valence-corrected chi connectivity index (χ1v) is 17.7. The molecule has 8 heteroatoms. The van der Waals surface area contributed by atoms with Gasteiger partial charge in [-0.3, -0.25) is 4.79 Å². The minimum Gasteiger partial charge on any atom is -0.468 e. The second-order valence-electron chi connectivity index (χ2n) is 11.3. The molecule has 0 saturated carbocycles. The van der Waals surface area contributed by atoms with Crippen LogP contribution in [0, 0.1) is 0 Å². The molecule has 0 saturated heterocycles. The van der Waals surface area contributed by atoms with Gasteiger partial charge in [0, 0.05) is 6.42 Å². The van der Waals surface area contributed by atoms with Gasteiger partial charge >= 0.3 is 5.97 Å². The maximum atomic E-state index is 14.2. The normalized spacial score (nSPS) is 15.4. The molecule has 6 nitrogen and oxygen atoms in total. The van der Waals surface area contributed by atoms with Gasteiger partial charge in [0.05, 0.1) is 24.7 Å². The van der Waals surface area contributed by atoms with Crippen LogP contribution in [0.4, 0.5) is 0 Å². The van der Waals surface area contributed by atoms with Crippen LogP contribution in [0.1, 0.15) is 65.7 Å². The van der Waals surface area contributed by atoms with Crippen molar-refractivity contribution in [2.24, 2.45) is 0 Å². The van der Waals surface area contributed by atoms with Crippen LogP contribution in [-0.2, 0) is 23.8 Å². The van der Waals surface area contributed by atoms with E-state index in [2.05, 4.69) is 47.0 Å². The molecular formula is C30H48O6SSi. The summed E-state index contributed by atoms with van der Waals surface area (Å²) >= 11 is 0. The molecule has 0 spiro atoms. The Balaban J connectivity index is 3.67. The quantitative estimate of drug-likeness (QED) is 0.0970. The first-order chi connectivity index (χ1) is 17.7. The molecule has 0 aliphatic carbocycles. The number of aliphatic hydroxyl groups excluding tert-OH is 1. The minimum absolute atomic E-state index is 0.0485. The number of benzene rings is 1. The first kappa shape index (κ1) is 34.0.